The van der Waals surface area contributed by atoms with Crippen LogP contribution in [0.2, 0.25) is 0 Å². The molecule has 2 nitrogen and oxygen atoms in total. The molecule has 10 heavy (non-hydrogen) atoms. The largest absolute Gasteiger partial charge is 0.393 e. The van der Waals surface area contributed by atoms with E-state index in [1.807, 2.05) is 0 Å². The maximum atomic E-state index is 9.34. The van der Waals surface area contributed by atoms with Crippen molar-refractivity contribution in [3.63, 3.8) is 0 Å². The van der Waals surface area contributed by atoms with E-state index in [0.29, 0.717) is 12.2 Å². The highest BCUT2D eigenvalue weighted by atomic mass is 16.5. The molecule has 2 fully saturated rings. The van der Waals surface area contributed by atoms with E-state index in [0.717, 1.165) is 25.7 Å². The van der Waals surface area contributed by atoms with Crippen LogP contribution in [-0.2, 0) is 4.74 Å². The van der Waals surface area contributed by atoms with Gasteiger partial charge < -0.3 is 9.84 Å². The molecule has 1 N–H and O–H groups in total. The van der Waals surface area contributed by atoms with Crippen LogP contribution in [0.5, 0.6) is 0 Å². The minimum absolute atomic E-state index is 0.0796. The van der Waals surface area contributed by atoms with E-state index < -0.39 is 0 Å². The highest BCUT2D eigenvalue weighted by Crippen LogP contribution is 2.30. The molecular formula is C8H14O2. The normalized spacial score (nSPS) is 47.1. The second-order valence-corrected chi connectivity index (χ2v) is 3.44. The lowest BCUT2D eigenvalue weighted by Crippen LogP contribution is -2.38. The van der Waals surface area contributed by atoms with E-state index in [1.165, 1.54) is 6.42 Å². The van der Waals surface area contributed by atoms with Crippen molar-refractivity contribution in [2.45, 2.75) is 50.4 Å². The SMILES string of the molecule is OC1CC2CCCC(C1)O2. The summed E-state index contributed by atoms with van der Waals surface area (Å²) in [6.07, 6.45) is 6.03. The highest BCUT2D eigenvalue weighted by Gasteiger charge is 2.31. The van der Waals surface area contributed by atoms with Crippen LogP contribution < -0.4 is 0 Å². The number of aliphatic hydroxyl groups is 1. The Morgan fingerprint density at radius 1 is 1.10 bits per heavy atom. The average Bonchev–Trinajstić information content (AvgIpc) is 1.85. The Kier molecular flexibility index (Phi) is 1.66. The molecule has 2 bridgehead atoms. The number of fused-ring (bicyclic) bond motifs is 2. The Morgan fingerprint density at radius 3 is 2.30 bits per heavy atom. The topological polar surface area (TPSA) is 29.5 Å². The van der Waals surface area contributed by atoms with E-state index in [-0.39, 0.29) is 6.10 Å². The first kappa shape index (κ1) is 6.62. The number of hydrogen-bond donors (Lipinski definition) is 1. The van der Waals surface area contributed by atoms with Crippen LogP contribution in [0, 0.1) is 0 Å². The molecule has 0 radical (unpaired) electrons. The minimum Gasteiger partial charge on any atom is -0.393 e. The number of aliphatic hydroxyl groups excluding tert-OH is 1. The van der Waals surface area contributed by atoms with Crippen molar-refractivity contribution in [3.8, 4) is 0 Å². The van der Waals surface area contributed by atoms with Crippen LogP contribution >= 0.6 is 0 Å². The van der Waals surface area contributed by atoms with Crippen LogP contribution in [-0.4, -0.2) is 23.4 Å². The van der Waals surface area contributed by atoms with Crippen LogP contribution in [0.4, 0.5) is 0 Å². The van der Waals surface area contributed by atoms with Gasteiger partial charge in [-0.05, 0) is 32.1 Å². The molecule has 0 aliphatic carbocycles. The number of rotatable bonds is 0. The quantitative estimate of drug-likeness (QED) is 0.548. The minimum atomic E-state index is -0.0796. The van der Waals surface area contributed by atoms with Crippen LogP contribution in [0.15, 0.2) is 0 Å². The molecule has 2 heterocycles. The molecule has 58 valence electrons. The zero-order valence-corrected chi connectivity index (χ0v) is 6.12. The summed E-state index contributed by atoms with van der Waals surface area (Å²) in [5.41, 5.74) is 0. The van der Waals surface area contributed by atoms with Gasteiger partial charge >= 0.3 is 0 Å². The lowest BCUT2D eigenvalue weighted by molar-refractivity contribution is -0.121. The van der Waals surface area contributed by atoms with Gasteiger partial charge in [0, 0.05) is 0 Å². The van der Waals surface area contributed by atoms with Crippen LogP contribution in [0.3, 0.4) is 0 Å². The van der Waals surface area contributed by atoms with Gasteiger partial charge in [-0.15, -0.1) is 0 Å². The third-order valence-corrected chi connectivity index (χ3v) is 2.51. The van der Waals surface area contributed by atoms with Gasteiger partial charge in [-0.1, -0.05) is 0 Å². The second-order valence-electron chi connectivity index (χ2n) is 3.44. The zero-order valence-electron chi connectivity index (χ0n) is 6.12. The van der Waals surface area contributed by atoms with E-state index in [4.69, 9.17) is 4.74 Å². The maximum Gasteiger partial charge on any atom is 0.0603 e. The summed E-state index contributed by atoms with van der Waals surface area (Å²) in [6.45, 7) is 0. The molecule has 0 aromatic rings. The van der Waals surface area contributed by atoms with E-state index in [1.54, 1.807) is 0 Å². The van der Waals surface area contributed by atoms with E-state index in [2.05, 4.69) is 0 Å². The second kappa shape index (κ2) is 2.51. The zero-order chi connectivity index (χ0) is 6.97. The first-order chi connectivity index (χ1) is 4.84. The molecule has 2 saturated heterocycles. The van der Waals surface area contributed by atoms with Crippen molar-refractivity contribution in [3.05, 3.63) is 0 Å². The molecular weight excluding hydrogens is 128 g/mol. The predicted molar refractivity (Wildman–Crippen MR) is 37.8 cm³/mol. The molecule has 0 aromatic heterocycles. The Morgan fingerprint density at radius 2 is 1.70 bits per heavy atom. The first-order valence-corrected chi connectivity index (χ1v) is 4.18. The Bertz CT molecular complexity index is 108. The van der Waals surface area contributed by atoms with E-state index in [9.17, 15) is 5.11 Å². The molecule has 2 heteroatoms. The van der Waals surface area contributed by atoms with Gasteiger partial charge in [-0.25, -0.2) is 0 Å². The predicted octanol–water partition coefficient (Wildman–Crippen LogP) is 1.08. The maximum absolute atomic E-state index is 9.34. The molecule has 0 saturated carbocycles. The van der Waals surface area contributed by atoms with Crippen LogP contribution in [0.1, 0.15) is 32.1 Å². The number of hydrogen-bond acceptors (Lipinski definition) is 2. The molecule has 0 amide bonds. The fraction of sp³-hybridized carbons (Fsp3) is 1.00. The standard InChI is InChI=1S/C8H14O2/c9-6-4-7-2-1-3-8(5-6)10-7/h6-9H,1-5H2. The smallest absolute Gasteiger partial charge is 0.0603 e. The lowest BCUT2D eigenvalue weighted by atomic mass is 9.90. The summed E-state index contributed by atoms with van der Waals surface area (Å²) in [7, 11) is 0. The molecule has 2 aliphatic rings. The summed E-state index contributed by atoms with van der Waals surface area (Å²) in [6, 6.07) is 0. The molecule has 2 aliphatic heterocycles. The highest BCUT2D eigenvalue weighted by molar-refractivity contribution is 4.81. The van der Waals surface area contributed by atoms with Gasteiger partial charge in [0.25, 0.3) is 0 Å². The summed E-state index contributed by atoms with van der Waals surface area (Å²) in [4.78, 5) is 0. The number of ether oxygens (including phenoxy) is 1. The molecule has 2 rings (SSSR count). The summed E-state index contributed by atoms with van der Waals surface area (Å²) < 4.78 is 5.63. The summed E-state index contributed by atoms with van der Waals surface area (Å²) >= 11 is 0. The Labute approximate surface area is 61.2 Å². The average molecular weight is 142 g/mol. The first-order valence-electron chi connectivity index (χ1n) is 4.18. The van der Waals surface area contributed by atoms with Crippen molar-refractivity contribution in [1.29, 1.82) is 0 Å². The van der Waals surface area contributed by atoms with Crippen molar-refractivity contribution in [2.24, 2.45) is 0 Å². The monoisotopic (exact) mass is 142 g/mol. The van der Waals surface area contributed by atoms with Crippen molar-refractivity contribution in [1.82, 2.24) is 0 Å². The molecule has 0 spiro atoms. The third-order valence-electron chi connectivity index (χ3n) is 2.51. The molecule has 0 aromatic carbocycles. The lowest BCUT2D eigenvalue weighted by Gasteiger charge is -2.37. The fourth-order valence-corrected chi connectivity index (χ4v) is 2.03. The van der Waals surface area contributed by atoms with Crippen molar-refractivity contribution < 1.29 is 9.84 Å². The Hall–Kier alpha value is -0.0800. The fourth-order valence-electron chi connectivity index (χ4n) is 2.03. The molecule has 2 atom stereocenters. The van der Waals surface area contributed by atoms with Gasteiger partial charge in [-0.2, -0.15) is 0 Å². The van der Waals surface area contributed by atoms with Gasteiger partial charge in [0.15, 0.2) is 0 Å². The third kappa shape index (κ3) is 1.18. The van der Waals surface area contributed by atoms with Gasteiger partial charge in [-0.3, -0.25) is 0 Å². The van der Waals surface area contributed by atoms with Gasteiger partial charge in [0.2, 0.25) is 0 Å². The van der Waals surface area contributed by atoms with Gasteiger partial charge in [0.05, 0.1) is 18.3 Å². The van der Waals surface area contributed by atoms with Crippen LogP contribution in [0.25, 0.3) is 0 Å². The summed E-state index contributed by atoms with van der Waals surface area (Å²) in [5, 5.41) is 9.34. The van der Waals surface area contributed by atoms with Gasteiger partial charge in [0.1, 0.15) is 0 Å². The van der Waals surface area contributed by atoms with Crippen molar-refractivity contribution in [2.75, 3.05) is 0 Å². The summed E-state index contributed by atoms with van der Waals surface area (Å²) in [5.74, 6) is 0. The Balaban J connectivity index is 1.98. The molecule has 2 unspecified atom stereocenters. The van der Waals surface area contributed by atoms with E-state index >= 15 is 0 Å². The van der Waals surface area contributed by atoms with Crippen molar-refractivity contribution >= 4 is 0 Å².